The normalized spacial score (nSPS) is 10.3. The summed E-state index contributed by atoms with van der Waals surface area (Å²) < 4.78 is 5.33. The van der Waals surface area contributed by atoms with Crippen LogP contribution in [0.25, 0.3) is 11.3 Å². The molecule has 2 aromatic rings. The first-order valence-corrected chi connectivity index (χ1v) is 4.86. The second kappa shape index (κ2) is 3.77. The Labute approximate surface area is 89.4 Å². The van der Waals surface area contributed by atoms with Gasteiger partial charge in [0.15, 0.2) is 12.2 Å². The molecule has 3 nitrogen and oxygen atoms in total. The summed E-state index contributed by atoms with van der Waals surface area (Å²) in [6, 6.07) is 8.22. The lowest BCUT2D eigenvalue weighted by Gasteiger charge is -2.12. The van der Waals surface area contributed by atoms with E-state index in [9.17, 15) is 0 Å². The highest BCUT2D eigenvalue weighted by atomic mass is 16.3. The van der Waals surface area contributed by atoms with Gasteiger partial charge in [-0.25, -0.2) is 4.98 Å². The maximum atomic E-state index is 5.33. The molecule has 0 aliphatic heterocycles. The molecule has 2 rings (SSSR count). The smallest absolute Gasteiger partial charge is 0.181 e. The molecule has 1 aromatic heterocycles. The third-order valence-electron chi connectivity index (χ3n) is 2.39. The summed E-state index contributed by atoms with van der Waals surface area (Å²) in [7, 11) is 4.05. The topological polar surface area (TPSA) is 29.3 Å². The molecule has 0 atom stereocenters. The van der Waals surface area contributed by atoms with Crippen LogP contribution in [0.4, 0.5) is 5.69 Å². The molecule has 0 saturated carbocycles. The van der Waals surface area contributed by atoms with Crippen LogP contribution in [0.1, 0.15) is 5.69 Å². The second-order valence-corrected chi connectivity index (χ2v) is 3.71. The van der Waals surface area contributed by atoms with Gasteiger partial charge >= 0.3 is 0 Å². The number of hydrogen-bond donors (Lipinski definition) is 0. The van der Waals surface area contributed by atoms with Gasteiger partial charge < -0.3 is 9.32 Å². The van der Waals surface area contributed by atoms with Crippen LogP contribution in [0, 0.1) is 6.92 Å². The molecule has 1 aromatic carbocycles. The molecular weight excluding hydrogens is 188 g/mol. The Morgan fingerprint density at radius 3 is 2.27 bits per heavy atom. The monoisotopic (exact) mass is 202 g/mol. The average Bonchev–Trinajstić information content (AvgIpc) is 2.65. The standard InChI is InChI=1S/C12H14N2O/c1-9-12(15-8-13-9)10-4-6-11(7-5-10)14(2)3/h4-8H,1-3H3. The number of hydrogen-bond acceptors (Lipinski definition) is 3. The molecule has 0 aliphatic rings. The van der Waals surface area contributed by atoms with E-state index in [0.717, 1.165) is 17.0 Å². The Balaban J connectivity index is 2.36. The van der Waals surface area contributed by atoms with Gasteiger partial charge in [0.25, 0.3) is 0 Å². The fourth-order valence-electron chi connectivity index (χ4n) is 1.49. The van der Waals surface area contributed by atoms with Crippen LogP contribution < -0.4 is 4.90 Å². The van der Waals surface area contributed by atoms with E-state index in [4.69, 9.17) is 4.42 Å². The van der Waals surface area contributed by atoms with Gasteiger partial charge in [-0.15, -0.1) is 0 Å². The SMILES string of the molecule is Cc1ncoc1-c1ccc(N(C)C)cc1. The van der Waals surface area contributed by atoms with Crippen molar-refractivity contribution >= 4 is 5.69 Å². The molecule has 0 spiro atoms. The summed E-state index contributed by atoms with van der Waals surface area (Å²) in [5.41, 5.74) is 3.17. The van der Waals surface area contributed by atoms with Crippen molar-refractivity contribution in [2.75, 3.05) is 19.0 Å². The Bertz CT molecular complexity index is 443. The van der Waals surface area contributed by atoms with Crippen LogP contribution in [0.5, 0.6) is 0 Å². The van der Waals surface area contributed by atoms with E-state index in [1.165, 1.54) is 12.1 Å². The maximum Gasteiger partial charge on any atom is 0.181 e. The van der Waals surface area contributed by atoms with Crippen molar-refractivity contribution in [1.82, 2.24) is 4.98 Å². The van der Waals surface area contributed by atoms with E-state index in [1.54, 1.807) is 0 Å². The number of aromatic nitrogens is 1. The molecular formula is C12H14N2O. The van der Waals surface area contributed by atoms with E-state index in [0.29, 0.717) is 0 Å². The van der Waals surface area contributed by atoms with Gasteiger partial charge in [0.1, 0.15) is 0 Å². The molecule has 1 heterocycles. The van der Waals surface area contributed by atoms with Crippen molar-refractivity contribution in [2.24, 2.45) is 0 Å². The van der Waals surface area contributed by atoms with Gasteiger partial charge in [0, 0.05) is 25.3 Å². The van der Waals surface area contributed by atoms with E-state index >= 15 is 0 Å². The zero-order valence-corrected chi connectivity index (χ0v) is 9.19. The van der Waals surface area contributed by atoms with Gasteiger partial charge in [0.05, 0.1) is 5.69 Å². The average molecular weight is 202 g/mol. The Morgan fingerprint density at radius 1 is 1.13 bits per heavy atom. The lowest BCUT2D eigenvalue weighted by molar-refractivity contribution is 0.571. The minimum Gasteiger partial charge on any atom is -0.443 e. The highest BCUT2D eigenvalue weighted by Crippen LogP contribution is 2.24. The number of oxazole rings is 1. The first kappa shape index (κ1) is 9.77. The molecule has 0 amide bonds. The molecule has 0 bridgehead atoms. The quantitative estimate of drug-likeness (QED) is 0.749. The molecule has 0 radical (unpaired) electrons. The summed E-state index contributed by atoms with van der Waals surface area (Å²) >= 11 is 0. The van der Waals surface area contributed by atoms with Crippen molar-refractivity contribution in [2.45, 2.75) is 6.92 Å². The number of aryl methyl sites for hydroxylation is 1. The number of rotatable bonds is 2. The Morgan fingerprint density at radius 2 is 1.80 bits per heavy atom. The van der Waals surface area contributed by atoms with Crippen LogP contribution in [0.2, 0.25) is 0 Å². The number of benzene rings is 1. The molecule has 0 fully saturated rings. The van der Waals surface area contributed by atoms with Crippen LogP contribution in [0.3, 0.4) is 0 Å². The van der Waals surface area contributed by atoms with Crippen LogP contribution >= 0.6 is 0 Å². The molecule has 15 heavy (non-hydrogen) atoms. The van der Waals surface area contributed by atoms with Crippen LogP contribution in [0.15, 0.2) is 35.1 Å². The van der Waals surface area contributed by atoms with Crippen molar-refractivity contribution in [3.05, 3.63) is 36.4 Å². The summed E-state index contributed by atoms with van der Waals surface area (Å²) in [5.74, 6) is 0.848. The van der Waals surface area contributed by atoms with Crippen molar-refractivity contribution in [1.29, 1.82) is 0 Å². The fourth-order valence-corrected chi connectivity index (χ4v) is 1.49. The molecule has 0 unspecified atom stereocenters. The van der Waals surface area contributed by atoms with E-state index in [2.05, 4.69) is 22.0 Å². The van der Waals surface area contributed by atoms with E-state index < -0.39 is 0 Å². The van der Waals surface area contributed by atoms with E-state index in [1.807, 2.05) is 33.2 Å². The predicted molar refractivity (Wildman–Crippen MR) is 61.0 cm³/mol. The fraction of sp³-hybridized carbons (Fsp3) is 0.250. The lowest BCUT2D eigenvalue weighted by Crippen LogP contribution is -2.07. The Kier molecular flexibility index (Phi) is 2.46. The maximum absolute atomic E-state index is 5.33. The molecule has 3 heteroatoms. The van der Waals surface area contributed by atoms with Crippen LogP contribution in [-0.2, 0) is 0 Å². The van der Waals surface area contributed by atoms with Crippen LogP contribution in [-0.4, -0.2) is 19.1 Å². The number of anilines is 1. The van der Waals surface area contributed by atoms with Gasteiger partial charge in [-0.05, 0) is 31.2 Å². The van der Waals surface area contributed by atoms with Gasteiger partial charge in [-0.3, -0.25) is 0 Å². The molecule has 0 N–H and O–H groups in total. The molecule has 78 valence electrons. The summed E-state index contributed by atoms with van der Waals surface area (Å²) in [5, 5.41) is 0. The van der Waals surface area contributed by atoms with Gasteiger partial charge in [-0.2, -0.15) is 0 Å². The predicted octanol–water partition coefficient (Wildman–Crippen LogP) is 2.72. The first-order valence-electron chi connectivity index (χ1n) is 4.86. The third-order valence-corrected chi connectivity index (χ3v) is 2.39. The molecule has 0 aliphatic carbocycles. The highest BCUT2D eigenvalue weighted by Gasteiger charge is 2.06. The zero-order valence-electron chi connectivity index (χ0n) is 9.19. The summed E-state index contributed by atoms with van der Waals surface area (Å²) in [4.78, 5) is 6.14. The van der Waals surface area contributed by atoms with Crippen molar-refractivity contribution in [3.63, 3.8) is 0 Å². The zero-order chi connectivity index (χ0) is 10.8. The van der Waals surface area contributed by atoms with Crippen molar-refractivity contribution < 1.29 is 4.42 Å². The lowest BCUT2D eigenvalue weighted by atomic mass is 10.1. The summed E-state index contributed by atoms with van der Waals surface area (Å²) in [6.07, 6.45) is 1.48. The van der Waals surface area contributed by atoms with Gasteiger partial charge in [0.2, 0.25) is 0 Å². The third kappa shape index (κ3) is 1.86. The minimum atomic E-state index is 0.848. The second-order valence-electron chi connectivity index (χ2n) is 3.71. The summed E-state index contributed by atoms with van der Waals surface area (Å²) in [6.45, 7) is 1.94. The highest BCUT2D eigenvalue weighted by molar-refractivity contribution is 5.63. The van der Waals surface area contributed by atoms with E-state index in [-0.39, 0.29) is 0 Å². The minimum absolute atomic E-state index is 0.848. The number of nitrogens with zero attached hydrogens (tertiary/aromatic N) is 2. The largest absolute Gasteiger partial charge is 0.443 e. The first-order chi connectivity index (χ1) is 7.18. The molecule has 0 saturated heterocycles. The Hall–Kier alpha value is -1.77. The van der Waals surface area contributed by atoms with Gasteiger partial charge in [-0.1, -0.05) is 0 Å². The van der Waals surface area contributed by atoms with Crippen molar-refractivity contribution in [3.8, 4) is 11.3 Å².